The van der Waals surface area contributed by atoms with E-state index in [9.17, 15) is 4.79 Å². The van der Waals surface area contributed by atoms with Gasteiger partial charge in [0.2, 0.25) is 0 Å². The summed E-state index contributed by atoms with van der Waals surface area (Å²) >= 11 is 0. The van der Waals surface area contributed by atoms with Crippen LogP contribution >= 0.6 is 0 Å². The highest BCUT2D eigenvalue weighted by Gasteiger charge is 2.09. The number of aryl methyl sites for hydroxylation is 1. The molecule has 5 heteroatoms. The number of nitrogens with one attached hydrogen (secondary N) is 1. The number of carbonyl (C=O) groups is 1. The van der Waals surface area contributed by atoms with Gasteiger partial charge in [-0.1, -0.05) is 53.7 Å². The molecular formula is C19H18N2O3. The lowest BCUT2D eigenvalue weighted by Crippen LogP contribution is -2.20. The maximum Gasteiger partial charge on any atom is 0.263 e. The van der Waals surface area contributed by atoms with Crippen LogP contribution in [-0.2, 0) is 11.2 Å². The van der Waals surface area contributed by atoms with Crippen LogP contribution in [0, 0.1) is 6.92 Å². The highest BCUT2D eigenvalue weighted by molar-refractivity contribution is 5.90. The Kier molecular flexibility index (Phi) is 4.91. The molecule has 1 amide bonds. The summed E-state index contributed by atoms with van der Waals surface area (Å²) in [6.45, 7) is 1.68. The number of anilines is 1. The largest absolute Gasteiger partial charge is 0.483 e. The summed E-state index contributed by atoms with van der Waals surface area (Å²) in [4.78, 5) is 11.9. The molecule has 1 N–H and O–H groups in total. The summed E-state index contributed by atoms with van der Waals surface area (Å²) in [5.41, 5.74) is 2.23. The first-order valence-electron chi connectivity index (χ1n) is 7.68. The molecule has 0 fully saturated rings. The van der Waals surface area contributed by atoms with Gasteiger partial charge in [-0.2, -0.15) is 0 Å². The van der Waals surface area contributed by atoms with Crippen LogP contribution in [0.25, 0.3) is 0 Å². The minimum absolute atomic E-state index is 0.0856. The van der Waals surface area contributed by atoms with Gasteiger partial charge < -0.3 is 14.6 Å². The van der Waals surface area contributed by atoms with Gasteiger partial charge in [-0.15, -0.1) is 0 Å². The Hall–Kier alpha value is -3.08. The number of carbonyl (C=O) groups excluding carboxylic acids is 1. The SMILES string of the molecule is Cc1cc(NC(=O)COc2ccccc2Cc2ccccc2)no1. The average molecular weight is 322 g/mol. The van der Waals surface area contributed by atoms with E-state index >= 15 is 0 Å². The number of benzene rings is 2. The highest BCUT2D eigenvalue weighted by atomic mass is 16.5. The summed E-state index contributed by atoms with van der Waals surface area (Å²) in [7, 11) is 0. The molecule has 0 atom stereocenters. The zero-order valence-electron chi connectivity index (χ0n) is 13.4. The second-order valence-corrected chi connectivity index (χ2v) is 5.43. The van der Waals surface area contributed by atoms with E-state index in [1.165, 1.54) is 5.56 Å². The molecule has 2 aromatic carbocycles. The minimum Gasteiger partial charge on any atom is -0.483 e. The average Bonchev–Trinajstić information content (AvgIpc) is 3.00. The predicted molar refractivity (Wildman–Crippen MR) is 91.1 cm³/mol. The van der Waals surface area contributed by atoms with Crippen molar-refractivity contribution in [1.82, 2.24) is 5.16 Å². The third kappa shape index (κ3) is 4.23. The van der Waals surface area contributed by atoms with Crippen molar-refractivity contribution in [2.75, 3.05) is 11.9 Å². The Morgan fingerprint density at radius 3 is 2.62 bits per heavy atom. The van der Waals surface area contributed by atoms with Gasteiger partial charge in [-0.25, -0.2) is 0 Å². The molecule has 0 spiro atoms. The van der Waals surface area contributed by atoms with E-state index in [2.05, 4.69) is 22.6 Å². The van der Waals surface area contributed by atoms with Crippen LogP contribution < -0.4 is 10.1 Å². The number of hydrogen-bond donors (Lipinski definition) is 1. The maximum atomic E-state index is 11.9. The minimum atomic E-state index is -0.280. The number of para-hydroxylation sites is 1. The Morgan fingerprint density at radius 1 is 1.12 bits per heavy atom. The van der Waals surface area contributed by atoms with Gasteiger partial charge >= 0.3 is 0 Å². The van der Waals surface area contributed by atoms with Crippen LogP contribution in [0.3, 0.4) is 0 Å². The number of hydrogen-bond acceptors (Lipinski definition) is 4. The van der Waals surface area contributed by atoms with Gasteiger partial charge in [0.05, 0.1) is 0 Å². The van der Waals surface area contributed by atoms with Crippen molar-refractivity contribution in [2.24, 2.45) is 0 Å². The summed E-state index contributed by atoms with van der Waals surface area (Å²) in [5.74, 6) is 1.45. The van der Waals surface area contributed by atoms with Gasteiger partial charge in [0, 0.05) is 12.5 Å². The third-order valence-electron chi connectivity index (χ3n) is 3.46. The van der Waals surface area contributed by atoms with Gasteiger partial charge in [-0.05, 0) is 24.1 Å². The molecule has 0 bridgehead atoms. The lowest BCUT2D eigenvalue weighted by atomic mass is 10.0. The van der Waals surface area contributed by atoms with Crippen molar-refractivity contribution in [3.05, 3.63) is 77.6 Å². The fraction of sp³-hybridized carbons (Fsp3) is 0.158. The standard InChI is InChI=1S/C19H18N2O3/c1-14-11-18(21-24-14)20-19(22)13-23-17-10-6-5-9-16(17)12-15-7-3-2-4-8-15/h2-11H,12-13H2,1H3,(H,20,21,22). The smallest absolute Gasteiger partial charge is 0.263 e. The molecule has 0 saturated carbocycles. The lowest BCUT2D eigenvalue weighted by Gasteiger charge is -2.11. The van der Waals surface area contributed by atoms with Crippen molar-refractivity contribution < 1.29 is 14.1 Å². The van der Waals surface area contributed by atoms with E-state index in [4.69, 9.17) is 9.26 Å². The molecule has 5 nitrogen and oxygen atoms in total. The number of aromatic nitrogens is 1. The summed E-state index contributed by atoms with van der Waals surface area (Å²) < 4.78 is 10.6. The van der Waals surface area contributed by atoms with Gasteiger partial charge in [0.1, 0.15) is 11.5 Å². The fourth-order valence-electron chi connectivity index (χ4n) is 2.35. The molecule has 0 unspecified atom stereocenters. The van der Waals surface area contributed by atoms with Crippen LogP contribution in [0.5, 0.6) is 5.75 Å². The van der Waals surface area contributed by atoms with Gasteiger partial charge in [-0.3, -0.25) is 4.79 Å². The monoisotopic (exact) mass is 322 g/mol. The summed E-state index contributed by atoms with van der Waals surface area (Å²) in [6, 6.07) is 19.5. The molecule has 1 heterocycles. The quantitative estimate of drug-likeness (QED) is 0.753. The van der Waals surface area contributed by atoms with Crippen LogP contribution in [-0.4, -0.2) is 17.7 Å². The fourth-order valence-corrected chi connectivity index (χ4v) is 2.35. The molecule has 3 aromatic rings. The number of rotatable bonds is 6. The lowest BCUT2D eigenvalue weighted by molar-refractivity contribution is -0.118. The zero-order valence-corrected chi connectivity index (χ0v) is 13.4. The molecule has 1 aromatic heterocycles. The Labute approximate surface area is 140 Å². The van der Waals surface area contributed by atoms with E-state index in [1.54, 1.807) is 13.0 Å². The van der Waals surface area contributed by atoms with Crippen molar-refractivity contribution in [3.8, 4) is 5.75 Å². The normalized spacial score (nSPS) is 10.4. The third-order valence-corrected chi connectivity index (χ3v) is 3.46. The molecule has 0 aliphatic heterocycles. The second kappa shape index (κ2) is 7.46. The first-order valence-corrected chi connectivity index (χ1v) is 7.68. The first kappa shape index (κ1) is 15.8. The van der Waals surface area contributed by atoms with E-state index in [1.807, 2.05) is 42.5 Å². The number of amides is 1. The van der Waals surface area contributed by atoms with Crippen molar-refractivity contribution in [2.45, 2.75) is 13.3 Å². The van der Waals surface area contributed by atoms with Crippen molar-refractivity contribution >= 4 is 11.7 Å². The highest BCUT2D eigenvalue weighted by Crippen LogP contribution is 2.21. The molecule has 3 rings (SSSR count). The van der Waals surface area contributed by atoms with Crippen LogP contribution in [0.4, 0.5) is 5.82 Å². The maximum absolute atomic E-state index is 11.9. The molecular weight excluding hydrogens is 304 g/mol. The van der Waals surface area contributed by atoms with Gasteiger partial charge in [0.15, 0.2) is 12.4 Å². The molecule has 0 radical (unpaired) electrons. The van der Waals surface area contributed by atoms with E-state index in [-0.39, 0.29) is 12.5 Å². The second-order valence-electron chi connectivity index (χ2n) is 5.43. The first-order chi connectivity index (χ1) is 11.7. The Bertz CT molecular complexity index is 812. The van der Waals surface area contributed by atoms with Crippen molar-refractivity contribution in [3.63, 3.8) is 0 Å². The predicted octanol–water partition coefficient (Wildman–Crippen LogP) is 3.59. The molecule has 0 aliphatic carbocycles. The zero-order chi connectivity index (χ0) is 16.8. The summed E-state index contributed by atoms with van der Waals surface area (Å²) in [5, 5.41) is 6.35. The molecule has 24 heavy (non-hydrogen) atoms. The van der Waals surface area contributed by atoms with Gasteiger partial charge in [0.25, 0.3) is 5.91 Å². The molecule has 0 saturated heterocycles. The van der Waals surface area contributed by atoms with E-state index in [0.29, 0.717) is 17.3 Å². The molecule has 0 aliphatic rings. The van der Waals surface area contributed by atoms with Crippen molar-refractivity contribution in [1.29, 1.82) is 0 Å². The van der Waals surface area contributed by atoms with E-state index in [0.717, 1.165) is 12.0 Å². The van der Waals surface area contributed by atoms with Crippen LogP contribution in [0.1, 0.15) is 16.9 Å². The molecule has 122 valence electrons. The Balaban J connectivity index is 1.61. The van der Waals surface area contributed by atoms with Crippen LogP contribution in [0.2, 0.25) is 0 Å². The Morgan fingerprint density at radius 2 is 1.88 bits per heavy atom. The topological polar surface area (TPSA) is 64.4 Å². The summed E-state index contributed by atoms with van der Waals surface area (Å²) in [6.07, 6.45) is 0.751. The number of nitrogens with zero attached hydrogens (tertiary/aromatic N) is 1. The van der Waals surface area contributed by atoms with Crippen LogP contribution in [0.15, 0.2) is 65.2 Å². The number of ether oxygens (including phenoxy) is 1. The van der Waals surface area contributed by atoms with E-state index < -0.39 is 0 Å².